The molecule has 1 aliphatic rings. The Morgan fingerprint density at radius 1 is 1.50 bits per heavy atom. The fraction of sp³-hybridized carbons (Fsp3) is 0.917. The van der Waals surface area contributed by atoms with Crippen LogP contribution in [0.25, 0.3) is 0 Å². The molecule has 0 N–H and O–H groups in total. The molecule has 0 aromatic rings. The molecule has 0 aromatic carbocycles. The van der Waals surface area contributed by atoms with Gasteiger partial charge in [-0.1, -0.05) is 0 Å². The molecule has 3 nitrogen and oxygen atoms in total. The first-order chi connectivity index (χ1) is 7.77. The maximum atomic E-state index is 11.9. The number of nitrogens with zero attached hydrogens (tertiary/aromatic N) is 1. The highest BCUT2D eigenvalue weighted by Crippen LogP contribution is 2.14. The van der Waals surface area contributed by atoms with Gasteiger partial charge in [0, 0.05) is 32.0 Å². The molecule has 0 bridgehead atoms. The van der Waals surface area contributed by atoms with Crippen LogP contribution in [0, 0.1) is 0 Å². The number of rotatable bonds is 6. The highest BCUT2D eigenvalue weighted by atomic mass is 35.5. The van der Waals surface area contributed by atoms with Crippen LogP contribution in [0.2, 0.25) is 0 Å². The monoisotopic (exact) mass is 247 g/mol. The largest absolute Gasteiger partial charge is 0.377 e. The van der Waals surface area contributed by atoms with E-state index in [2.05, 4.69) is 0 Å². The second-order valence-electron chi connectivity index (χ2n) is 4.21. The normalized spacial score (nSPS) is 21.1. The third kappa shape index (κ3) is 4.71. The zero-order chi connectivity index (χ0) is 11.8. The molecule has 0 aliphatic carbocycles. The van der Waals surface area contributed by atoms with Crippen molar-refractivity contribution in [1.29, 1.82) is 0 Å². The molecule has 1 atom stereocenters. The number of halogens is 1. The molecule has 1 rings (SSSR count). The Morgan fingerprint density at radius 2 is 2.31 bits per heavy atom. The van der Waals surface area contributed by atoms with Crippen LogP contribution in [0.4, 0.5) is 0 Å². The lowest BCUT2D eigenvalue weighted by Crippen LogP contribution is -2.43. The average molecular weight is 248 g/mol. The Morgan fingerprint density at radius 3 is 3.00 bits per heavy atom. The molecule has 1 unspecified atom stereocenters. The Hall–Kier alpha value is -0.280. The number of hydrogen-bond donors (Lipinski definition) is 0. The van der Waals surface area contributed by atoms with E-state index in [1.165, 1.54) is 0 Å². The average Bonchev–Trinajstić information content (AvgIpc) is 2.30. The lowest BCUT2D eigenvalue weighted by molar-refractivity contribution is -0.135. The predicted molar refractivity (Wildman–Crippen MR) is 65.8 cm³/mol. The van der Waals surface area contributed by atoms with Crippen LogP contribution in [-0.2, 0) is 9.53 Å². The molecule has 1 fully saturated rings. The lowest BCUT2D eigenvalue weighted by Gasteiger charge is -2.32. The van der Waals surface area contributed by atoms with Crippen LogP contribution in [-0.4, -0.2) is 42.5 Å². The number of carbonyl (C=O) groups excluding carboxylic acids is 1. The summed E-state index contributed by atoms with van der Waals surface area (Å²) in [5, 5.41) is 0. The van der Waals surface area contributed by atoms with Gasteiger partial charge in [0.15, 0.2) is 0 Å². The number of unbranched alkanes of at least 4 members (excludes halogenated alkanes) is 1. The van der Waals surface area contributed by atoms with Crippen LogP contribution in [0.5, 0.6) is 0 Å². The van der Waals surface area contributed by atoms with Crippen molar-refractivity contribution >= 4 is 17.5 Å². The minimum Gasteiger partial charge on any atom is -0.377 e. The Kier molecular flexibility index (Phi) is 6.81. The fourth-order valence-corrected chi connectivity index (χ4v) is 2.25. The van der Waals surface area contributed by atoms with E-state index in [1.807, 2.05) is 11.8 Å². The van der Waals surface area contributed by atoms with Crippen LogP contribution in [0.15, 0.2) is 0 Å². The van der Waals surface area contributed by atoms with Crippen LogP contribution in [0.3, 0.4) is 0 Å². The quantitative estimate of drug-likeness (QED) is 0.533. The molecular weight excluding hydrogens is 226 g/mol. The van der Waals surface area contributed by atoms with E-state index in [4.69, 9.17) is 16.3 Å². The molecule has 1 saturated heterocycles. The maximum absolute atomic E-state index is 11.9. The van der Waals surface area contributed by atoms with Crippen molar-refractivity contribution in [2.75, 3.05) is 25.6 Å². The molecule has 16 heavy (non-hydrogen) atoms. The summed E-state index contributed by atoms with van der Waals surface area (Å²) in [6, 6.07) is 0. The van der Waals surface area contributed by atoms with Gasteiger partial charge in [-0.05, 0) is 32.6 Å². The van der Waals surface area contributed by atoms with Crippen molar-refractivity contribution < 1.29 is 9.53 Å². The molecule has 4 heteroatoms. The van der Waals surface area contributed by atoms with E-state index < -0.39 is 0 Å². The van der Waals surface area contributed by atoms with Gasteiger partial charge in [0.05, 0.1) is 6.10 Å². The maximum Gasteiger partial charge on any atom is 0.222 e. The first-order valence-corrected chi connectivity index (χ1v) is 6.76. The SMILES string of the molecule is CCOC1CCCN(C(=O)CCCCCl)C1. The molecule has 94 valence electrons. The van der Waals surface area contributed by atoms with Gasteiger partial charge in [0.25, 0.3) is 0 Å². The van der Waals surface area contributed by atoms with Gasteiger partial charge in [-0.25, -0.2) is 0 Å². The summed E-state index contributed by atoms with van der Waals surface area (Å²) < 4.78 is 5.57. The molecule has 0 saturated carbocycles. The number of piperidine rings is 1. The van der Waals surface area contributed by atoms with Crippen molar-refractivity contribution in [2.45, 2.75) is 45.1 Å². The summed E-state index contributed by atoms with van der Waals surface area (Å²) in [4.78, 5) is 13.8. The van der Waals surface area contributed by atoms with Crippen LogP contribution >= 0.6 is 11.6 Å². The molecule has 1 aliphatic heterocycles. The van der Waals surface area contributed by atoms with E-state index in [-0.39, 0.29) is 12.0 Å². The summed E-state index contributed by atoms with van der Waals surface area (Å²) in [7, 11) is 0. The van der Waals surface area contributed by atoms with Crippen molar-refractivity contribution in [2.24, 2.45) is 0 Å². The summed E-state index contributed by atoms with van der Waals surface area (Å²) in [5.41, 5.74) is 0. The number of alkyl halides is 1. The zero-order valence-electron chi connectivity index (χ0n) is 10.1. The Balaban J connectivity index is 2.26. The smallest absolute Gasteiger partial charge is 0.222 e. The third-order valence-electron chi connectivity index (χ3n) is 2.91. The number of likely N-dealkylation sites (tertiary alicyclic amines) is 1. The third-order valence-corrected chi connectivity index (χ3v) is 3.17. The van der Waals surface area contributed by atoms with Crippen LogP contribution < -0.4 is 0 Å². The van der Waals surface area contributed by atoms with E-state index in [1.54, 1.807) is 0 Å². The molecular formula is C12H22ClNO2. The van der Waals surface area contributed by atoms with Gasteiger partial charge in [-0.15, -0.1) is 11.6 Å². The number of hydrogen-bond acceptors (Lipinski definition) is 2. The lowest BCUT2D eigenvalue weighted by atomic mass is 10.1. The van der Waals surface area contributed by atoms with Crippen molar-refractivity contribution in [3.8, 4) is 0 Å². The van der Waals surface area contributed by atoms with E-state index in [9.17, 15) is 4.79 Å². The molecule has 0 spiro atoms. The first kappa shape index (κ1) is 13.8. The zero-order valence-corrected chi connectivity index (χ0v) is 10.8. The standard InChI is InChI=1S/C12H22ClNO2/c1-2-16-11-6-5-9-14(10-11)12(15)7-3-4-8-13/h11H,2-10H2,1H3. The van der Waals surface area contributed by atoms with E-state index >= 15 is 0 Å². The second kappa shape index (κ2) is 7.91. The minimum atomic E-state index is 0.246. The highest BCUT2D eigenvalue weighted by molar-refractivity contribution is 6.17. The minimum absolute atomic E-state index is 0.246. The van der Waals surface area contributed by atoms with Crippen molar-refractivity contribution in [3.63, 3.8) is 0 Å². The van der Waals surface area contributed by atoms with Crippen molar-refractivity contribution in [3.05, 3.63) is 0 Å². The summed E-state index contributed by atoms with van der Waals surface area (Å²) in [6.07, 6.45) is 4.85. The topological polar surface area (TPSA) is 29.5 Å². The van der Waals surface area contributed by atoms with Gasteiger partial charge in [0.1, 0.15) is 0 Å². The summed E-state index contributed by atoms with van der Waals surface area (Å²) in [5.74, 6) is 0.906. The predicted octanol–water partition coefficient (Wildman–Crippen LogP) is 2.42. The summed E-state index contributed by atoms with van der Waals surface area (Å²) in [6.45, 7) is 4.40. The van der Waals surface area contributed by atoms with Crippen LogP contribution in [0.1, 0.15) is 39.0 Å². The highest BCUT2D eigenvalue weighted by Gasteiger charge is 2.23. The number of amides is 1. The van der Waals surface area contributed by atoms with Gasteiger partial charge in [-0.2, -0.15) is 0 Å². The van der Waals surface area contributed by atoms with E-state index in [0.29, 0.717) is 12.3 Å². The molecule has 0 radical (unpaired) electrons. The second-order valence-corrected chi connectivity index (χ2v) is 4.58. The van der Waals surface area contributed by atoms with Gasteiger partial charge in [-0.3, -0.25) is 4.79 Å². The van der Waals surface area contributed by atoms with Gasteiger partial charge in [0.2, 0.25) is 5.91 Å². The molecule has 1 amide bonds. The molecule has 1 heterocycles. The molecule has 0 aromatic heterocycles. The first-order valence-electron chi connectivity index (χ1n) is 6.23. The van der Waals surface area contributed by atoms with Crippen molar-refractivity contribution in [1.82, 2.24) is 4.90 Å². The van der Waals surface area contributed by atoms with Gasteiger partial charge < -0.3 is 9.64 Å². The number of ether oxygens (including phenoxy) is 1. The van der Waals surface area contributed by atoms with E-state index in [0.717, 1.165) is 45.4 Å². The van der Waals surface area contributed by atoms with Gasteiger partial charge >= 0.3 is 0 Å². The number of carbonyl (C=O) groups is 1. The Labute approximate surface area is 103 Å². The summed E-state index contributed by atoms with van der Waals surface area (Å²) >= 11 is 5.59. The Bertz CT molecular complexity index is 209. The fourth-order valence-electron chi connectivity index (χ4n) is 2.07.